The van der Waals surface area contributed by atoms with E-state index in [4.69, 9.17) is 11.5 Å². The van der Waals surface area contributed by atoms with Gasteiger partial charge in [0.25, 0.3) is 0 Å². The summed E-state index contributed by atoms with van der Waals surface area (Å²) in [4.78, 5) is 0. The van der Waals surface area contributed by atoms with Gasteiger partial charge in [0.2, 0.25) is 0 Å². The van der Waals surface area contributed by atoms with Crippen molar-refractivity contribution < 1.29 is 0 Å². The van der Waals surface area contributed by atoms with Crippen LogP contribution in [0.4, 0.5) is 11.5 Å². The van der Waals surface area contributed by atoms with E-state index < -0.39 is 0 Å². The van der Waals surface area contributed by atoms with E-state index in [0.717, 1.165) is 6.54 Å². The van der Waals surface area contributed by atoms with Gasteiger partial charge in [0.1, 0.15) is 5.82 Å². The standard InChI is InChI=1S/C7H14N4/c1-5(2)4-11-7(9)6(8)3-10-11/h3,5H,4,8-9H2,1-2H3. The summed E-state index contributed by atoms with van der Waals surface area (Å²) in [5.41, 5.74) is 11.7. The van der Waals surface area contributed by atoms with Crippen LogP contribution in [-0.4, -0.2) is 9.78 Å². The molecule has 0 aliphatic heterocycles. The highest BCUT2D eigenvalue weighted by molar-refractivity contribution is 5.56. The van der Waals surface area contributed by atoms with Crippen molar-refractivity contribution in [2.24, 2.45) is 5.92 Å². The molecule has 0 atom stereocenters. The van der Waals surface area contributed by atoms with Gasteiger partial charge in [-0.05, 0) is 5.92 Å². The Morgan fingerprint density at radius 1 is 1.55 bits per heavy atom. The third kappa shape index (κ3) is 1.63. The molecule has 1 aromatic rings. The van der Waals surface area contributed by atoms with E-state index in [1.165, 1.54) is 0 Å². The zero-order valence-corrected chi connectivity index (χ0v) is 6.91. The van der Waals surface area contributed by atoms with Crippen LogP contribution in [0.15, 0.2) is 6.20 Å². The van der Waals surface area contributed by atoms with Crippen molar-refractivity contribution in [3.63, 3.8) is 0 Å². The summed E-state index contributed by atoms with van der Waals surface area (Å²) in [6, 6.07) is 0. The van der Waals surface area contributed by atoms with Crippen LogP contribution >= 0.6 is 0 Å². The van der Waals surface area contributed by atoms with Crippen molar-refractivity contribution >= 4 is 11.5 Å². The molecule has 0 fully saturated rings. The van der Waals surface area contributed by atoms with Gasteiger partial charge >= 0.3 is 0 Å². The third-order valence-corrected chi connectivity index (χ3v) is 1.45. The highest BCUT2D eigenvalue weighted by Crippen LogP contribution is 2.13. The molecule has 0 radical (unpaired) electrons. The number of anilines is 2. The maximum atomic E-state index is 5.63. The molecule has 0 aromatic carbocycles. The average Bonchev–Trinajstić information content (AvgIpc) is 2.18. The summed E-state index contributed by atoms with van der Waals surface area (Å²) < 4.78 is 1.72. The molecule has 1 rings (SSSR count). The molecular weight excluding hydrogens is 140 g/mol. The minimum atomic E-state index is 0.539. The Hall–Kier alpha value is -1.19. The predicted octanol–water partition coefficient (Wildman–Crippen LogP) is 0.704. The molecule has 62 valence electrons. The molecule has 11 heavy (non-hydrogen) atoms. The molecule has 0 saturated carbocycles. The van der Waals surface area contributed by atoms with Gasteiger partial charge in [-0.25, -0.2) is 4.68 Å². The quantitative estimate of drug-likeness (QED) is 0.658. The highest BCUT2D eigenvalue weighted by atomic mass is 15.3. The predicted molar refractivity (Wildman–Crippen MR) is 45.9 cm³/mol. The van der Waals surface area contributed by atoms with Crippen molar-refractivity contribution in [1.29, 1.82) is 0 Å². The Bertz CT molecular complexity index is 239. The molecule has 0 amide bonds. The summed E-state index contributed by atoms with van der Waals surface area (Å²) in [5, 5.41) is 4.02. The van der Waals surface area contributed by atoms with Gasteiger partial charge in [0.15, 0.2) is 0 Å². The van der Waals surface area contributed by atoms with Crippen LogP contribution in [-0.2, 0) is 6.54 Å². The molecule has 0 unspecified atom stereocenters. The van der Waals surface area contributed by atoms with Crippen LogP contribution in [0.1, 0.15) is 13.8 Å². The topological polar surface area (TPSA) is 69.9 Å². The average molecular weight is 154 g/mol. The summed E-state index contributed by atoms with van der Waals surface area (Å²) in [6.45, 7) is 5.04. The number of aromatic nitrogens is 2. The van der Waals surface area contributed by atoms with Gasteiger partial charge in [0, 0.05) is 6.54 Å². The monoisotopic (exact) mass is 154 g/mol. The summed E-state index contributed by atoms with van der Waals surface area (Å²) in [6.07, 6.45) is 1.58. The third-order valence-electron chi connectivity index (χ3n) is 1.45. The molecule has 0 aliphatic carbocycles. The molecule has 0 spiro atoms. The molecule has 1 aromatic heterocycles. The van der Waals surface area contributed by atoms with Crippen molar-refractivity contribution in [1.82, 2.24) is 9.78 Å². The van der Waals surface area contributed by atoms with E-state index in [1.54, 1.807) is 10.9 Å². The van der Waals surface area contributed by atoms with Crippen LogP contribution in [0.25, 0.3) is 0 Å². The van der Waals surface area contributed by atoms with Crippen molar-refractivity contribution in [2.75, 3.05) is 11.5 Å². The van der Waals surface area contributed by atoms with Gasteiger partial charge in [-0.1, -0.05) is 13.8 Å². The Morgan fingerprint density at radius 2 is 2.18 bits per heavy atom. The van der Waals surface area contributed by atoms with E-state index in [2.05, 4.69) is 18.9 Å². The fourth-order valence-electron chi connectivity index (χ4n) is 0.901. The van der Waals surface area contributed by atoms with Gasteiger partial charge in [-0.15, -0.1) is 0 Å². The maximum Gasteiger partial charge on any atom is 0.145 e. The normalized spacial score (nSPS) is 10.8. The Kier molecular flexibility index (Phi) is 2.03. The lowest BCUT2D eigenvalue weighted by atomic mass is 10.2. The maximum absolute atomic E-state index is 5.63. The zero-order valence-electron chi connectivity index (χ0n) is 6.91. The first-order valence-corrected chi connectivity index (χ1v) is 3.68. The number of nitrogen functional groups attached to an aromatic ring is 2. The van der Waals surface area contributed by atoms with E-state index in [9.17, 15) is 0 Å². The van der Waals surface area contributed by atoms with Gasteiger partial charge < -0.3 is 11.5 Å². The van der Waals surface area contributed by atoms with Crippen molar-refractivity contribution in [3.8, 4) is 0 Å². The van der Waals surface area contributed by atoms with Crippen LogP contribution in [0.2, 0.25) is 0 Å². The van der Waals surface area contributed by atoms with Crippen molar-refractivity contribution in [2.45, 2.75) is 20.4 Å². The van der Waals surface area contributed by atoms with Crippen LogP contribution in [0, 0.1) is 5.92 Å². The molecule has 0 saturated heterocycles. The molecule has 4 heteroatoms. The van der Waals surface area contributed by atoms with Crippen LogP contribution in [0.3, 0.4) is 0 Å². The lowest BCUT2D eigenvalue weighted by molar-refractivity contribution is 0.488. The van der Waals surface area contributed by atoms with Crippen LogP contribution < -0.4 is 11.5 Å². The lowest BCUT2D eigenvalue weighted by Crippen LogP contribution is -2.09. The molecule has 0 aliphatic rings. The van der Waals surface area contributed by atoms with Gasteiger partial charge in [0.05, 0.1) is 11.9 Å². The molecular formula is C7H14N4. The fraction of sp³-hybridized carbons (Fsp3) is 0.571. The minimum Gasteiger partial charge on any atom is -0.394 e. The summed E-state index contributed by atoms with van der Waals surface area (Å²) >= 11 is 0. The van der Waals surface area contributed by atoms with Crippen molar-refractivity contribution in [3.05, 3.63) is 6.20 Å². The second-order valence-corrected chi connectivity index (χ2v) is 3.06. The summed E-state index contributed by atoms with van der Waals surface area (Å²) in [5.74, 6) is 1.11. The first-order valence-electron chi connectivity index (χ1n) is 3.68. The SMILES string of the molecule is CC(C)Cn1ncc(N)c1N. The zero-order chi connectivity index (χ0) is 8.43. The summed E-state index contributed by atoms with van der Waals surface area (Å²) in [7, 11) is 0. The number of nitrogens with zero attached hydrogens (tertiary/aromatic N) is 2. The van der Waals surface area contributed by atoms with Gasteiger partial charge in [-0.3, -0.25) is 0 Å². The smallest absolute Gasteiger partial charge is 0.145 e. The Balaban J connectivity index is 2.79. The second-order valence-electron chi connectivity index (χ2n) is 3.06. The molecule has 0 bridgehead atoms. The van der Waals surface area contributed by atoms with E-state index >= 15 is 0 Å². The molecule has 4 nitrogen and oxygen atoms in total. The number of rotatable bonds is 2. The molecule has 1 heterocycles. The van der Waals surface area contributed by atoms with E-state index in [-0.39, 0.29) is 0 Å². The fourth-order valence-corrected chi connectivity index (χ4v) is 0.901. The number of hydrogen-bond acceptors (Lipinski definition) is 3. The Morgan fingerprint density at radius 3 is 2.55 bits per heavy atom. The number of hydrogen-bond donors (Lipinski definition) is 2. The van der Waals surface area contributed by atoms with Gasteiger partial charge in [-0.2, -0.15) is 5.10 Å². The number of nitrogens with two attached hydrogens (primary N) is 2. The molecule has 4 N–H and O–H groups in total. The van der Waals surface area contributed by atoms with E-state index in [1.807, 2.05) is 0 Å². The first-order chi connectivity index (χ1) is 5.11. The second kappa shape index (κ2) is 2.82. The van der Waals surface area contributed by atoms with E-state index in [0.29, 0.717) is 17.4 Å². The Labute approximate surface area is 66.2 Å². The lowest BCUT2D eigenvalue weighted by Gasteiger charge is -2.06. The van der Waals surface area contributed by atoms with Crippen LogP contribution in [0.5, 0.6) is 0 Å². The minimum absolute atomic E-state index is 0.539. The largest absolute Gasteiger partial charge is 0.394 e. The highest BCUT2D eigenvalue weighted by Gasteiger charge is 2.04. The first kappa shape index (κ1) is 7.91.